The Labute approximate surface area is 290 Å². The maximum atomic E-state index is 13.6. The van der Waals surface area contributed by atoms with Crippen LogP contribution in [0.3, 0.4) is 0 Å². The lowest BCUT2D eigenvalue weighted by Crippen LogP contribution is -2.06. The van der Waals surface area contributed by atoms with Crippen molar-refractivity contribution in [1.82, 2.24) is 4.57 Å². The van der Waals surface area contributed by atoms with E-state index in [2.05, 4.69) is 156 Å². The van der Waals surface area contributed by atoms with Gasteiger partial charge in [-0.1, -0.05) is 140 Å². The summed E-state index contributed by atoms with van der Waals surface area (Å²) < 4.78 is 16.1. The Hall–Kier alpha value is -6.25. The van der Waals surface area contributed by atoms with E-state index in [4.69, 9.17) is 0 Å². The molecule has 0 saturated heterocycles. The summed E-state index contributed by atoms with van der Waals surface area (Å²) >= 11 is 0. The SMILES string of the molecule is Fc1ccc(C2C=Cc3cc(-c4cc5c6ccccc6n(-c6ccc(-c7ccccc7)c7ccccc67)c5c5ccccc45)ccc3C2)cc1. The number of fused-ring (bicyclic) bond motifs is 7. The number of aromatic nitrogens is 1. The minimum atomic E-state index is -0.194. The standard InChI is InChI=1S/C48H32FN/c49-37-24-22-31(23-25-37)33-18-19-35-29-36(21-20-34(35)28-33)44-30-45-42-15-8-9-17-46(42)50(48(45)43-16-7-5-13-40(43)44)47-27-26-38(32-10-2-1-3-11-32)39-12-4-6-14-41(39)47/h1-27,29-30,33H,28H2. The fourth-order valence-electron chi connectivity index (χ4n) is 8.23. The number of hydrogen-bond donors (Lipinski definition) is 0. The van der Waals surface area contributed by atoms with Crippen molar-refractivity contribution in [2.45, 2.75) is 12.3 Å². The fraction of sp³-hybridized carbons (Fsp3) is 0.0417. The fourth-order valence-corrected chi connectivity index (χ4v) is 8.23. The number of nitrogens with zero attached hydrogens (tertiary/aromatic N) is 1. The largest absolute Gasteiger partial charge is 0.308 e. The smallest absolute Gasteiger partial charge is 0.123 e. The molecular weight excluding hydrogens is 610 g/mol. The third kappa shape index (κ3) is 4.53. The van der Waals surface area contributed by atoms with Crippen molar-refractivity contribution in [2.75, 3.05) is 0 Å². The van der Waals surface area contributed by atoms with Crippen LogP contribution in [0.25, 0.3) is 77.4 Å². The Balaban J connectivity index is 1.18. The van der Waals surface area contributed by atoms with E-state index >= 15 is 0 Å². The number of benzene rings is 8. The first-order valence-corrected chi connectivity index (χ1v) is 17.3. The number of hydrogen-bond acceptors (Lipinski definition) is 0. The number of rotatable bonds is 4. The lowest BCUT2D eigenvalue weighted by Gasteiger charge is -2.21. The van der Waals surface area contributed by atoms with Crippen molar-refractivity contribution in [2.24, 2.45) is 0 Å². The zero-order chi connectivity index (χ0) is 33.2. The Morgan fingerprint density at radius 1 is 0.500 bits per heavy atom. The molecule has 8 aromatic carbocycles. The Morgan fingerprint density at radius 3 is 1.98 bits per heavy atom. The van der Waals surface area contributed by atoms with Crippen molar-refractivity contribution in [1.29, 1.82) is 0 Å². The van der Waals surface area contributed by atoms with Crippen LogP contribution < -0.4 is 0 Å². The van der Waals surface area contributed by atoms with E-state index in [0.29, 0.717) is 0 Å². The summed E-state index contributed by atoms with van der Waals surface area (Å²) in [5.74, 6) is 0.0512. The molecule has 0 saturated carbocycles. The van der Waals surface area contributed by atoms with Crippen molar-refractivity contribution in [3.05, 3.63) is 192 Å². The van der Waals surface area contributed by atoms with Gasteiger partial charge in [0.15, 0.2) is 0 Å². The van der Waals surface area contributed by atoms with Gasteiger partial charge in [0.1, 0.15) is 5.82 Å². The Morgan fingerprint density at radius 2 is 1.18 bits per heavy atom. The molecule has 1 unspecified atom stereocenters. The summed E-state index contributed by atoms with van der Waals surface area (Å²) in [6.07, 6.45) is 5.41. The highest BCUT2D eigenvalue weighted by molar-refractivity contribution is 6.22. The Bertz CT molecular complexity index is 2790. The molecular formula is C48H32FN. The van der Waals surface area contributed by atoms with Gasteiger partial charge in [0.2, 0.25) is 0 Å². The highest BCUT2D eigenvalue weighted by atomic mass is 19.1. The molecule has 0 bridgehead atoms. The van der Waals surface area contributed by atoms with Gasteiger partial charge >= 0.3 is 0 Å². The molecule has 0 radical (unpaired) electrons. The van der Waals surface area contributed by atoms with E-state index in [1.54, 1.807) is 12.1 Å². The normalized spacial score (nSPS) is 14.1. The second-order valence-corrected chi connectivity index (χ2v) is 13.4. The summed E-state index contributed by atoms with van der Waals surface area (Å²) in [4.78, 5) is 0. The van der Waals surface area contributed by atoms with Crippen LogP contribution in [0.5, 0.6) is 0 Å². The third-order valence-electron chi connectivity index (χ3n) is 10.6. The Kier molecular flexibility index (Phi) is 6.57. The molecule has 1 aromatic heterocycles. The van der Waals surface area contributed by atoms with Gasteiger partial charge in [-0.2, -0.15) is 0 Å². The van der Waals surface area contributed by atoms with Crippen LogP contribution in [0.2, 0.25) is 0 Å². The third-order valence-corrected chi connectivity index (χ3v) is 10.6. The van der Waals surface area contributed by atoms with E-state index in [-0.39, 0.29) is 11.7 Å². The molecule has 9 aromatic rings. The van der Waals surface area contributed by atoms with Gasteiger partial charge in [-0.25, -0.2) is 4.39 Å². The molecule has 1 nitrogen and oxygen atoms in total. The second kappa shape index (κ2) is 11.4. The lowest BCUT2D eigenvalue weighted by atomic mass is 9.83. The van der Waals surface area contributed by atoms with Gasteiger partial charge in [-0.3, -0.25) is 0 Å². The van der Waals surface area contributed by atoms with Crippen molar-refractivity contribution in [3.8, 4) is 27.9 Å². The van der Waals surface area contributed by atoms with Gasteiger partial charge in [-0.05, 0) is 92.5 Å². The zero-order valence-corrected chi connectivity index (χ0v) is 27.4. The van der Waals surface area contributed by atoms with Gasteiger partial charge < -0.3 is 4.57 Å². The molecule has 0 amide bonds. The average molecular weight is 642 g/mol. The molecule has 236 valence electrons. The van der Waals surface area contributed by atoms with Crippen LogP contribution in [0.4, 0.5) is 4.39 Å². The molecule has 0 spiro atoms. The molecule has 0 N–H and O–H groups in total. The van der Waals surface area contributed by atoms with Crippen LogP contribution in [-0.2, 0) is 6.42 Å². The van der Waals surface area contributed by atoms with Gasteiger partial charge in [0.25, 0.3) is 0 Å². The summed E-state index contributed by atoms with van der Waals surface area (Å²) in [6, 6.07) is 58.0. The van der Waals surface area contributed by atoms with Crippen LogP contribution in [0.15, 0.2) is 170 Å². The first-order valence-electron chi connectivity index (χ1n) is 17.3. The molecule has 0 fully saturated rings. The quantitative estimate of drug-likeness (QED) is 0.180. The summed E-state index contributed by atoms with van der Waals surface area (Å²) in [5, 5.41) is 7.42. The lowest BCUT2D eigenvalue weighted by molar-refractivity contribution is 0.626. The molecule has 0 aliphatic heterocycles. The highest BCUT2D eigenvalue weighted by Gasteiger charge is 2.21. The topological polar surface area (TPSA) is 4.93 Å². The van der Waals surface area contributed by atoms with E-state index in [1.807, 2.05) is 12.1 Å². The van der Waals surface area contributed by atoms with E-state index < -0.39 is 0 Å². The predicted molar refractivity (Wildman–Crippen MR) is 209 cm³/mol. The molecule has 2 heteroatoms. The first-order chi connectivity index (χ1) is 24.7. The number of para-hydroxylation sites is 1. The van der Waals surface area contributed by atoms with Crippen molar-refractivity contribution < 1.29 is 4.39 Å². The van der Waals surface area contributed by atoms with E-state index in [1.165, 1.54) is 82.4 Å². The van der Waals surface area contributed by atoms with Gasteiger partial charge in [0, 0.05) is 27.5 Å². The van der Waals surface area contributed by atoms with Crippen LogP contribution in [-0.4, -0.2) is 4.57 Å². The minimum absolute atomic E-state index is 0.194. The molecule has 50 heavy (non-hydrogen) atoms. The molecule has 1 atom stereocenters. The summed E-state index contributed by atoms with van der Waals surface area (Å²) in [6.45, 7) is 0. The van der Waals surface area contributed by atoms with Gasteiger partial charge in [0.05, 0.1) is 16.7 Å². The average Bonchev–Trinajstić information content (AvgIpc) is 3.51. The van der Waals surface area contributed by atoms with Crippen LogP contribution in [0.1, 0.15) is 22.6 Å². The molecule has 1 heterocycles. The zero-order valence-electron chi connectivity index (χ0n) is 27.4. The van der Waals surface area contributed by atoms with Crippen LogP contribution in [0, 0.1) is 5.82 Å². The van der Waals surface area contributed by atoms with E-state index in [9.17, 15) is 4.39 Å². The van der Waals surface area contributed by atoms with Gasteiger partial charge in [-0.15, -0.1) is 0 Å². The maximum Gasteiger partial charge on any atom is 0.123 e. The highest BCUT2D eigenvalue weighted by Crippen LogP contribution is 2.44. The maximum absolute atomic E-state index is 13.6. The summed E-state index contributed by atoms with van der Waals surface area (Å²) in [5.41, 5.74) is 12.2. The van der Waals surface area contributed by atoms with Crippen molar-refractivity contribution in [3.63, 3.8) is 0 Å². The molecule has 10 rings (SSSR count). The number of allylic oxidation sites excluding steroid dienone is 1. The van der Waals surface area contributed by atoms with Crippen molar-refractivity contribution >= 4 is 49.4 Å². The minimum Gasteiger partial charge on any atom is -0.308 e. The van der Waals surface area contributed by atoms with Crippen LogP contribution >= 0.6 is 0 Å². The van der Waals surface area contributed by atoms with E-state index in [0.717, 1.165) is 12.0 Å². The monoisotopic (exact) mass is 641 g/mol. The second-order valence-electron chi connectivity index (χ2n) is 13.4. The number of halogens is 1. The molecule has 1 aliphatic rings. The first kappa shape index (κ1) is 28.7. The predicted octanol–water partition coefficient (Wildman–Crippen LogP) is 12.9. The summed E-state index contributed by atoms with van der Waals surface area (Å²) in [7, 11) is 0. The molecule has 1 aliphatic carbocycles.